The Bertz CT molecular complexity index is 940. The highest BCUT2D eigenvalue weighted by Gasteiger charge is 2.14. The Labute approximate surface area is 141 Å². The monoisotopic (exact) mass is 323 g/mol. The molecular weight excluding hydrogens is 302 g/mol. The van der Waals surface area contributed by atoms with Crippen molar-refractivity contribution in [3.05, 3.63) is 58.4 Å². The lowest BCUT2D eigenvalue weighted by atomic mass is 9.99. The number of methoxy groups -OCH3 is 2. The third-order valence-electron chi connectivity index (χ3n) is 4.36. The van der Waals surface area contributed by atoms with Crippen LogP contribution >= 0.6 is 0 Å². The first-order valence-corrected chi connectivity index (χ1v) is 7.93. The summed E-state index contributed by atoms with van der Waals surface area (Å²) in [5.41, 5.74) is 3.50. The predicted octanol–water partition coefficient (Wildman–Crippen LogP) is 3.79. The van der Waals surface area contributed by atoms with Gasteiger partial charge in [0.25, 0.3) is 0 Å². The smallest absolute Gasteiger partial charge is 0.197 e. The molecule has 0 aliphatic heterocycles. The van der Waals surface area contributed by atoms with Crippen molar-refractivity contribution in [2.24, 2.45) is 7.05 Å². The van der Waals surface area contributed by atoms with E-state index in [2.05, 4.69) is 0 Å². The molecule has 1 aromatic heterocycles. The highest BCUT2D eigenvalue weighted by atomic mass is 16.5. The van der Waals surface area contributed by atoms with Gasteiger partial charge in [0.2, 0.25) is 0 Å². The van der Waals surface area contributed by atoms with Gasteiger partial charge in [0.1, 0.15) is 11.5 Å². The van der Waals surface area contributed by atoms with E-state index in [1.165, 1.54) is 0 Å². The zero-order chi connectivity index (χ0) is 17.3. The molecule has 0 bridgehead atoms. The maximum absolute atomic E-state index is 13.1. The molecule has 0 unspecified atom stereocenters. The van der Waals surface area contributed by atoms with Crippen molar-refractivity contribution in [1.29, 1.82) is 0 Å². The Morgan fingerprint density at radius 3 is 2.25 bits per heavy atom. The molecule has 3 rings (SSSR count). The summed E-state index contributed by atoms with van der Waals surface area (Å²) in [6.07, 6.45) is 2.65. The average Bonchev–Trinajstić information content (AvgIpc) is 2.63. The topological polar surface area (TPSA) is 40.5 Å². The number of rotatable bonds is 4. The number of hydrogen-bond acceptors (Lipinski definition) is 3. The number of aryl methyl sites for hydroxylation is 2. The summed E-state index contributed by atoms with van der Waals surface area (Å²) in [4.78, 5) is 13.1. The van der Waals surface area contributed by atoms with Crippen LogP contribution in [0.15, 0.2) is 47.4 Å². The second-order valence-electron chi connectivity index (χ2n) is 5.75. The van der Waals surface area contributed by atoms with Crippen LogP contribution in [0.4, 0.5) is 0 Å². The first-order chi connectivity index (χ1) is 11.6. The van der Waals surface area contributed by atoms with E-state index in [0.29, 0.717) is 5.56 Å². The molecule has 0 N–H and O–H groups in total. The maximum Gasteiger partial charge on any atom is 0.197 e. The third-order valence-corrected chi connectivity index (χ3v) is 4.36. The highest BCUT2D eigenvalue weighted by molar-refractivity contribution is 5.88. The van der Waals surface area contributed by atoms with E-state index >= 15 is 0 Å². The maximum atomic E-state index is 13.1. The number of fused-ring (bicyclic) bond motifs is 1. The van der Waals surface area contributed by atoms with E-state index in [1.54, 1.807) is 14.2 Å². The van der Waals surface area contributed by atoms with Crippen molar-refractivity contribution in [3.8, 4) is 22.6 Å². The van der Waals surface area contributed by atoms with Crippen LogP contribution in [-0.4, -0.2) is 18.8 Å². The molecular formula is C20H21NO3. The number of hydrogen-bond donors (Lipinski definition) is 0. The van der Waals surface area contributed by atoms with E-state index < -0.39 is 0 Å². The van der Waals surface area contributed by atoms with Crippen molar-refractivity contribution < 1.29 is 9.47 Å². The van der Waals surface area contributed by atoms with E-state index in [9.17, 15) is 4.79 Å². The molecule has 0 saturated heterocycles. The summed E-state index contributed by atoms with van der Waals surface area (Å²) >= 11 is 0. The zero-order valence-electron chi connectivity index (χ0n) is 14.4. The van der Waals surface area contributed by atoms with Crippen LogP contribution in [0.3, 0.4) is 0 Å². The molecule has 4 nitrogen and oxygen atoms in total. The van der Waals surface area contributed by atoms with E-state index in [1.807, 2.05) is 61.1 Å². The predicted molar refractivity (Wildman–Crippen MR) is 97.1 cm³/mol. The van der Waals surface area contributed by atoms with Gasteiger partial charge in [-0.05, 0) is 35.7 Å². The first-order valence-electron chi connectivity index (χ1n) is 7.93. The lowest BCUT2D eigenvalue weighted by molar-refractivity contribution is 0.414. The number of pyridine rings is 1. The minimum atomic E-state index is 0.0489. The van der Waals surface area contributed by atoms with Crippen LogP contribution in [0.1, 0.15) is 12.5 Å². The summed E-state index contributed by atoms with van der Waals surface area (Å²) in [5, 5.41) is 0.758. The highest BCUT2D eigenvalue weighted by Crippen LogP contribution is 2.27. The van der Waals surface area contributed by atoms with Gasteiger partial charge in [0.05, 0.1) is 19.7 Å². The van der Waals surface area contributed by atoms with Crippen LogP contribution < -0.4 is 14.9 Å². The van der Waals surface area contributed by atoms with Gasteiger partial charge in [-0.25, -0.2) is 0 Å². The fraction of sp³-hybridized carbons (Fsp3) is 0.250. The summed E-state index contributed by atoms with van der Waals surface area (Å²) in [6.45, 7) is 2.05. The van der Waals surface area contributed by atoms with Gasteiger partial charge in [-0.3, -0.25) is 4.79 Å². The standard InChI is InChI=1S/C20H21NO3/c1-5-13-10-16(24-4)11-18-19(13)20(22)17(12-21(18)2)14-6-8-15(23-3)9-7-14/h6-12H,5H2,1-4H3. The number of ether oxygens (including phenoxy) is 2. The quantitative estimate of drug-likeness (QED) is 0.733. The zero-order valence-corrected chi connectivity index (χ0v) is 14.4. The second-order valence-corrected chi connectivity index (χ2v) is 5.75. The van der Waals surface area contributed by atoms with Gasteiger partial charge < -0.3 is 14.0 Å². The largest absolute Gasteiger partial charge is 0.497 e. The summed E-state index contributed by atoms with van der Waals surface area (Å²) in [6, 6.07) is 11.4. The minimum absolute atomic E-state index is 0.0489. The van der Waals surface area contributed by atoms with Crippen LogP contribution in [0.5, 0.6) is 11.5 Å². The fourth-order valence-electron chi connectivity index (χ4n) is 3.03. The normalized spacial score (nSPS) is 10.8. The van der Waals surface area contributed by atoms with Crippen LogP contribution in [0.2, 0.25) is 0 Å². The van der Waals surface area contributed by atoms with Crippen molar-refractivity contribution in [2.75, 3.05) is 14.2 Å². The molecule has 0 atom stereocenters. The Balaban J connectivity index is 2.31. The average molecular weight is 323 g/mol. The fourth-order valence-corrected chi connectivity index (χ4v) is 3.03. The first kappa shape index (κ1) is 16.1. The van der Waals surface area contributed by atoms with Gasteiger partial charge in [-0.15, -0.1) is 0 Å². The molecule has 24 heavy (non-hydrogen) atoms. The van der Waals surface area contributed by atoms with Crippen molar-refractivity contribution in [1.82, 2.24) is 4.57 Å². The summed E-state index contributed by atoms with van der Waals surface area (Å²) in [7, 11) is 5.23. The molecule has 3 aromatic rings. The Kier molecular flexibility index (Phi) is 4.30. The van der Waals surface area contributed by atoms with E-state index in [4.69, 9.17) is 9.47 Å². The molecule has 124 valence electrons. The summed E-state index contributed by atoms with van der Waals surface area (Å²) in [5.74, 6) is 1.54. The number of nitrogens with zero attached hydrogens (tertiary/aromatic N) is 1. The van der Waals surface area contributed by atoms with Crippen molar-refractivity contribution >= 4 is 10.9 Å². The van der Waals surface area contributed by atoms with Gasteiger partial charge in [0, 0.05) is 30.3 Å². The Hall–Kier alpha value is -2.75. The van der Waals surface area contributed by atoms with Gasteiger partial charge >= 0.3 is 0 Å². The van der Waals surface area contributed by atoms with Crippen molar-refractivity contribution in [2.45, 2.75) is 13.3 Å². The molecule has 0 saturated carbocycles. The minimum Gasteiger partial charge on any atom is -0.497 e. The van der Waals surface area contributed by atoms with E-state index in [0.717, 1.165) is 39.9 Å². The molecule has 1 heterocycles. The van der Waals surface area contributed by atoms with Gasteiger partial charge in [-0.1, -0.05) is 19.1 Å². The van der Waals surface area contributed by atoms with Crippen LogP contribution in [-0.2, 0) is 13.5 Å². The molecule has 0 aliphatic carbocycles. The third kappa shape index (κ3) is 2.64. The lowest BCUT2D eigenvalue weighted by Gasteiger charge is -2.14. The SMILES string of the molecule is CCc1cc(OC)cc2c1c(=O)c(-c1ccc(OC)cc1)cn2C. The van der Waals surface area contributed by atoms with E-state index in [-0.39, 0.29) is 5.43 Å². The Morgan fingerprint density at radius 2 is 1.67 bits per heavy atom. The molecule has 2 aromatic carbocycles. The van der Waals surface area contributed by atoms with Crippen molar-refractivity contribution in [3.63, 3.8) is 0 Å². The molecule has 0 fully saturated rings. The Morgan fingerprint density at radius 1 is 1.00 bits per heavy atom. The number of benzene rings is 2. The molecule has 0 aliphatic rings. The van der Waals surface area contributed by atoms with Crippen LogP contribution in [0, 0.1) is 0 Å². The number of aromatic nitrogens is 1. The molecule has 0 amide bonds. The second kappa shape index (κ2) is 6.40. The molecule has 4 heteroatoms. The van der Waals surface area contributed by atoms with Crippen LogP contribution in [0.25, 0.3) is 22.0 Å². The lowest BCUT2D eigenvalue weighted by Crippen LogP contribution is -2.12. The summed E-state index contributed by atoms with van der Waals surface area (Å²) < 4.78 is 12.5. The van der Waals surface area contributed by atoms with Gasteiger partial charge in [-0.2, -0.15) is 0 Å². The molecule has 0 radical (unpaired) electrons. The van der Waals surface area contributed by atoms with Gasteiger partial charge in [0.15, 0.2) is 5.43 Å². The molecule has 0 spiro atoms.